The Morgan fingerprint density at radius 3 is 2.43 bits per heavy atom. The summed E-state index contributed by atoms with van der Waals surface area (Å²) in [5.74, 6) is -0.946. The number of nitrogens with one attached hydrogen (secondary N) is 1. The van der Waals surface area contributed by atoms with Gasteiger partial charge in [-0.3, -0.25) is 4.79 Å². The summed E-state index contributed by atoms with van der Waals surface area (Å²) >= 11 is 5.28. The van der Waals surface area contributed by atoms with Crippen LogP contribution in [0.15, 0.2) is 30.3 Å². The van der Waals surface area contributed by atoms with Crippen molar-refractivity contribution in [2.45, 2.75) is 12.5 Å². The summed E-state index contributed by atoms with van der Waals surface area (Å²) in [7, 11) is 0. The number of hydrogen-bond donors (Lipinski definition) is 2. The van der Waals surface area contributed by atoms with Crippen LogP contribution in [-0.2, 0) is 11.2 Å². The van der Waals surface area contributed by atoms with E-state index in [1.165, 1.54) is 0 Å². The second kappa shape index (κ2) is 6.65. The van der Waals surface area contributed by atoms with Gasteiger partial charge in [-0.05, 0) is 23.8 Å². The average molecular weight is 236 g/mol. The Morgan fingerprint density at radius 1 is 1.43 bits per heavy atom. The van der Waals surface area contributed by atoms with Gasteiger partial charge in [0.25, 0.3) is 0 Å². The summed E-state index contributed by atoms with van der Waals surface area (Å²) in [6.45, 7) is 0. The van der Waals surface area contributed by atoms with Gasteiger partial charge in [-0.25, -0.2) is 4.84 Å². The molecule has 0 aliphatic rings. The largest absolute Gasteiger partial charge is 0.480 e. The number of aliphatic carboxylic acids is 1. The summed E-state index contributed by atoms with van der Waals surface area (Å²) in [5.41, 5.74) is 0.947. The summed E-state index contributed by atoms with van der Waals surface area (Å²) in [4.78, 5) is 12.8. The van der Waals surface area contributed by atoms with Crippen molar-refractivity contribution in [1.29, 1.82) is 0 Å². The topological polar surface area (TPSA) is 49.3 Å². The zero-order valence-corrected chi connectivity index (χ0v) is 8.89. The van der Waals surface area contributed by atoms with E-state index in [0.717, 1.165) is 5.56 Å². The normalized spacial score (nSPS) is 11.5. The molecule has 0 radical (unpaired) electrons. The Hall–Kier alpha value is -0.770. The number of benzene rings is 1. The highest BCUT2D eigenvalue weighted by Gasteiger charge is 2.15. The van der Waals surface area contributed by atoms with Gasteiger partial charge in [0.2, 0.25) is 0 Å². The average Bonchev–Trinajstić information content (AvgIpc) is 2.15. The first-order chi connectivity index (χ1) is 6.24. The Morgan fingerprint density at radius 2 is 2.00 bits per heavy atom. The van der Waals surface area contributed by atoms with Crippen LogP contribution in [0.1, 0.15) is 5.56 Å². The first-order valence-corrected chi connectivity index (χ1v) is 4.24. The molecule has 0 aromatic heterocycles. The minimum absolute atomic E-state index is 0. The fourth-order valence-electron chi connectivity index (χ4n) is 1.02. The lowest BCUT2D eigenvalue weighted by Crippen LogP contribution is -2.32. The van der Waals surface area contributed by atoms with E-state index in [4.69, 9.17) is 16.9 Å². The lowest BCUT2D eigenvalue weighted by Gasteiger charge is -2.08. The molecule has 1 aromatic rings. The maximum Gasteiger partial charge on any atom is 0.322 e. The third-order valence-electron chi connectivity index (χ3n) is 1.71. The van der Waals surface area contributed by atoms with E-state index in [0.29, 0.717) is 6.42 Å². The summed E-state index contributed by atoms with van der Waals surface area (Å²) in [6.07, 6.45) is 0.389. The minimum Gasteiger partial charge on any atom is -0.480 e. The Kier molecular flexibility index (Phi) is 6.28. The Balaban J connectivity index is 0.00000169. The van der Waals surface area contributed by atoms with Crippen LogP contribution in [0, 0.1) is 0 Å². The molecule has 1 rings (SSSR count). The molecule has 14 heavy (non-hydrogen) atoms. The maximum absolute atomic E-state index is 10.6. The zero-order valence-electron chi connectivity index (χ0n) is 7.31. The third-order valence-corrected chi connectivity index (χ3v) is 1.98. The summed E-state index contributed by atoms with van der Waals surface area (Å²) < 4.78 is 0. The molecule has 0 amide bonds. The maximum atomic E-state index is 10.6. The molecule has 0 aliphatic carbocycles. The summed E-state index contributed by atoms with van der Waals surface area (Å²) in [5, 5.41) is 8.69. The van der Waals surface area contributed by atoms with Crippen molar-refractivity contribution in [3.63, 3.8) is 0 Å². The van der Waals surface area contributed by atoms with Crippen molar-refractivity contribution in [3.8, 4) is 0 Å². The Labute approximate surface area is 93.6 Å². The van der Waals surface area contributed by atoms with Gasteiger partial charge in [0.05, 0.1) is 0 Å². The molecule has 1 atom stereocenters. The molecule has 0 heterocycles. The van der Waals surface area contributed by atoms with Crippen molar-refractivity contribution >= 4 is 30.2 Å². The van der Waals surface area contributed by atoms with Gasteiger partial charge in [0.1, 0.15) is 6.04 Å². The van der Waals surface area contributed by atoms with E-state index in [-0.39, 0.29) is 12.4 Å². The van der Waals surface area contributed by atoms with Crippen molar-refractivity contribution < 1.29 is 9.90 Å². The van der Waals surface area contributed by atoms with Crippen LogP contribution in [0.2, 0.25) is 0 Å². The van der Waals surface area contributed by atoms with Gasteiger partial charge in [-0.15, -0.1) is 12.4 Å². The van der Waals surface area contributed by atoms with Crippen LogP contribution in [-0.4, -0.2) is 17.1 Å². The van der Waals surface area contributed by atoms with Crippen molar-refractivity contribution in [1.82, 2.24) is 4.84 Å². The molecular weight excluding hydrogens is 225 g/mol. The molecule has 1 aromatic carbocycles. The first kappa shape index (κ1) is 13.2. The molecular formula is C9H11Cl2NO2. The molecule has 0 spiro atoms. The van der Waals surface area contributed by atoms with Crippen molar-refractivity contribution in [2.75, 3.05) is 0 Å². The van der Waals surface area contributed by atoms with Gasteiger partial charge >= 0.3 is 5.97 Å². The van der Waals surface area contributed by atoms with Gasteiger partial charge < -0.3 is 5.11 Å². The predicted octanol–water partition coefficient (Wildman–Crippen LogP) is 1.85. The number of carboxylic acid groups (broad SMARTS) is 1. The van der Waals surface area contributed by atoms with Crippen LogP contribution in [0.5, 0.6) is 0 Å². The fraction of sp³-hybridized carbons (Fsp3) is 0.222. The number of halogens is 2. The van der Waals surface area contributed by atoms with Crippen LogP contribution >= 0.6 is 24.2 Å². The van der Waals surface area contributed by atoms with E-state index < -0.39 is 12.0 Å². The highest BCUT2D eigenvalue weighted by Crippen LogP contribution is 2.03. The predicted molar refractivity (Wildman–Crippen MR) is 57.8 cm³/mol. The lowest BCUT2D eigenvalue weighted by atomic mass is 10.1. The van der Waals surface area contributed by atoms with E-state index in [9.17, 15) is 4.79 Å². The lowest BCUT2D eigenvalue weighted by molar-refractivity contribution is -0.138. The number of carbonyl (C=O) groups is 1. The second-order valence-corrected chi connectivity index (χ2v) is 2.91. The molecule has 2 N–H and O–H groups in total. The standard InChI is InChI=1S/C9H10ClNO2.ClH/c10-11-8(9(12)13)6-7-4-2-1-3-5-7;/h1-5,8,11H,6H2,(H,12,13);1H/t8-;/m1./s1. The monoisotopic (exact) mass is 235 g/mol. The van der Waals surface area contributed by atoms with Gasteiger partial charge in [0, 0.05) is 0 Å². The molecule has 78 valence electrons. The second-order valence-electron chi connectivity index (χ2n) is 2.69. The number of carboxylic acids is 1. The van der Waals surface area contributed by atoms with Gasteiger partial charge in [-0.2, -0.15) is 0 Å². The van der Waals surface area contributed by atoms with Crippen LogP contribution in [0.3, 0.4) is 0 Å². The number of rotatable bonds is 4. The Bertz CT molecular complexity index is 279. The van der Waals surface area contributed by atoms with E-state index >= 15 is 0 Å². The summed E-state index contributed by atoms with van der Waals surface area (Å²) in [6, 6.07) is 8.61. The SMILES string of the molecule is Cl.O=C(O)[C@@H](Cc1ccccc1)NCl. The third kappa shape index (κ3) is 3.96. The van der Waals surface area contributed by atoms with E-state index in [1.54, 1.807) is 0 Å². The number of hydrogen-bond acceptors (Lipinski definition) is 2. The molecule has 5 heteroatoms. The highest BCUT2D eigenvalue weighted by atomic mass is 35.5. The van der Waals surface area contributed by atoms with Crippen molar-refractivity contribution in [2.24, 2.45) is 0 Å². The van der Waals surface area contributed by atoms with Gasteiger partial charge in [-0.1, -0.05) is 30.3 Å². The smallest absolute Gasteiger partial charge is 0.322 e. The molecule has 0 saturated carbocycles. The van der Waals surface area contributed by atoms with Crippen LogP contribution in [0.25, 0.3) is 0 Å². The zero-order chi connectivity index (χ0) is 9.68. The van der Waals surface area contributed by atoms with E-state index in [1.807, 2.05) is 30.3 Å². The van der Waals surface area contributed by atoms with Crippen LogP contribution in [0.4, 0.5) is 0 Å². The molecule has 0 fully saturated rings. The van der Waals surface area contributed by atoms with Gasteiger partial charge in [0.15, 0.2) is 0 Å². The molecule has 0 aliphatic heterocycles. The molecule has 0 saturated heterocycles. The van der Waals surface area contributed by atoms with E-state index in [2.05, 4.69) is 4.84 Å². The molecule has 0 bridgehead atoms. The van der Waals surface area contributed by atoms with Crippen molar-refractivity contribution in [3.05, 3.63) is 35.9 Å². The first-order valence-electron chi connectivity index (χ1n) is 3.87. The quantitative estimate of drug-likeness (QED) is 0.784. The highest BCUT2D eigenvalue weighted by molar-refractivity contribution is 6.14. The fourth-order valence-corrected chi connectivity index (χ4v) is 1.19. The molecule has 3 nitrogen and oxygen atoms in total. The minimum atomic E-state index is -0.946. The molecule has 0 unspecified atom stereocenters. The van der Waals surface area contributed by atoms with Crippen LogP contribution < -0.4 is 4.84 Å².